The van der Waals surface area contributed by atoms with Gasteiger partial charge in [-0.1, -0.05) is 42.5 Å². The van der Waals surface area contributed by atoms with E-state index in [1.165, 1.54) is 19.1 Å². The van der Waals surface area contributed by atoms with Crippen LogP contribution in [-0.4, -0.2) is 46.8 Å². The summed E-state index contributed by atoms with van der Waals surface area (Å²) < 4.78 is 5.10. The van der Waals surface area contributed by atoms with E-state index in [0.717, 1.165) is 4.90 Å². The summed E-state index contributed by atoms with van der Waals surface area (Å²) in [6.45, 7) is 0.576. The molecule has 1 aliphatic heterocycles. The van der Waals surface area contributed by atoms with E-state index in [2.05, 4.69) is 0 Å². The molecule has 1 heterocycles. The van der Waals surface area contributed by atoms with Crippen LogP contribution in [0.1, 0.15) is 33.2 Å². The Bertz CT molecular complexity index is 1070. The van der Waals surface area contributed by atoms with Gasteiger partial charge in [-0.15, -0.1) is 0 Å². The number of nitrogens with one attached hydrogen (secondary N) is 1. The van der Waals surface area contributed by atoms with Gasteiger partial charge in [-0.05, 0) is 24.6 Å². The van der Waals surface area contributed by atoms with Crippen LogP contribution >= 0.6 is 0 Å². The number of amides is 2. The molecule has 156 valence electrons. The summed E-state index contributed by atoms with van der Waals surface area (Å²) in [6, 6.07) is 15.5. The Hall–Kier alpha value is -4.12. The molecule has 0 fully saturated rings. The minimum absolute atomic E-state index is 0.00457. The van der Waals surface area contributed by atoms with E-state index in [-0.39, 0.29) is 23.3 Å². The van der Waals surface area contributed by atoms with Crippen molar-refractivity contribution in [1.82, 2.24) is 4.90 Å². The van der Waals surface area contributed by atoms with Crippen molar-refractivity contribution >= 4 is 29.3 Å². The van der Waals surface area contributed by atoms with Crippen LogP contribution < -0.4 is 0 Å². The van der Waals surface area contributed by atoms with Gasteiger partial charge < -0.3 is 10.1 Å². The van der Waals surface area contributed by atoms with E-state index in [1.54, 1.807) is 48.5 Å². The zero-order valence-electron chi connectivity index (χ0n) is 16.7. The Kier molecular flexibility index (Phi) is 6.36. The van der Waals surface area contributed by atoms with Gasteiger partial charge in [0.05, 0.1) is 17.2 Å². The van der Waals surface area contributed by atoms with Crippen LogP contribution in [0.5, 0.6) is 0 Å². The Morgan fingerprint density at radius 2 is 1.58 bits per heavy atom. The van der Waals surface area contributed by atoms with Crippen molar-refractivity contribution in [3.63, 3.8) is 0 Å². The molecule has 0 aliphatic carbocycles. The monoisotopic (exact) mass is 417 g/mol. The lowest BCUT2D eigenvalue weighted by Crippen LogP contribution is -2.47. The standard InChI is InChI=1S/C23H19N3O5/c1-14(25)18(12-24)20(27)13-31-23(30)19(11-15-7-3-2-4-8-15)26-21(28)16-9-5-6-10-17(16)22(26)29/h2-10,18-19,25H,11,13H2,1H3/t18?,19-/m0/s1. The number of rotatable bonds is 8. The number of carbonyl (C=O) groups is 4. The van der Waals surface area contributed by atoms with E-state index in [4.69, 9.17) is 15.4 Å². The fraction of sp³-hybridized carbons (Fsp3) is 0.217. The lowest BCUT2D eigenvalue weighted by atomic mass is 10.0. The number of nitrogens with zero attached hydrogens (tertiary/aromatic N) is 2. The number of hydrogen-bond acceptors (Lipinski definition) is 7. The van der Waals surface area contributed by atoms with Crippen molar-refractivity contribution < 1.29 is 23.9 Å². The van der Waals surface area contributed by atoms with Gasteiger partial charge in [0.2, 0.25) is 0 Å². The smallest absolute Gasteiger partial charge is 0.330 e. The van der Waals surface area contributed by atoms with E-state index >= 15 is 0 Å². The van der Waals surface area contributed by atoms with Crippen molar-refractivity contribution in [3.8, 4) is 6.07 Å². The molecule has 2 aromatic carbocycles. The molecule has 2 aromatic rings. The second kappa shape index (κ2) is 9.13. The summed E-state index contributed by atoms with van der Waals surface area (Å²) in [7, 11) is 0. The molecule has 0 radical (unpaired) electrons. The second-order valence-corrected chi connectivity index (χ2v) is 7.05. The third-order valence-electron chi connectivity index (χ3n) is 4.92. The summed E-state index contributed by atoms with van der Waals surface area (Å²) >= 11 is 0. The number of ether oxygens (including phenoxy) is 1. The number of benzene rings is 2. The van der Waals surface area contributed by atoms with Crippen molar-refractivity contribution in [2.75, 3.05) is 6.61 Å². The molecule has 3 rings (SSSR count). The van der Waals surface area contributed by atoms with Crippen LogP contribution in [-0.2, 0) is 20.7 Å². The quantitative estimate of drug-likeness (QED) is 0.398. The summed E-state index contributed by atoms with van der Waals surface area (Å²) in [4.78, 5) is 51.7. The fourth-order valence-electron chi connectivity index (χ4n) is 3.34. The molecule has 0 spiro atoms. The summed E-state index contributed by atoms with van der Waals surface area (Å²) in [5, 5.41) is 16.5. The first kappa shape index (κ1) is 21.6. The fourth-order valence-corrected chi connectivity index (χ4v) is 3.34. The number of esters is 1. The zero-order valence-corrected chi connectivity index (χ0v) is 16.7. The molecular weight excluding hydrogens is 398 g/mol. The number of hydrogen-bond donors (Lipinski definition) is 1. The summed E-state index contributed by atoms with van der Waals surface area (Å²) in [5.74, 6) is -4.24. The SMILES string of the molecule is CC(=N)C(C#N)C(=O)COC(=O)[C@H](Cc1ccccc1)N1C(=O)c2ccccc2C1=O. The van der Waals surface area contributed by atoms with Crippen molar-refractivity contribution in [2.45, 2.75) is 19.4 Å². The number of ketones is 1. The van der Waals surface area contributed by atoms with Crippen LogP contribution in [0, 0.1) is 22.7 Å². The highest BCUT2D eigenvalue weighted by atomic mass is 16.5. The summed E-state index contributed by atoms with van der Waals surface area (Å²) in [6.07, 6.45) is 0.00457. The minimum atomic E-state index is -1.32. The Morgan fingerprint density at radius 1 is 1.03 bits per heavy atom. The Balaban J connectivity index is 1.86. The van der Waals surface area contributed by atoms with Gasteiger partial charge in [0.25, 0.3) is 11.8 Å². The molecule has 2 amide bonds. The number of imide groups is 1. The van der Waals surface area contributed by atoms with Crippen LogP contribution in [0.4, 0.5) is 0 Å². The van der Waals surface area contributed by atoms with Crippen LogP contribution in [0.2, 0.25) is 0 Å². The minimum Gasteiger partial charge on any atom is -0.456 e. The van der Waals surface area contributed by atoms with Crippen molar-refractivity contribution in [1.29, 1.82) is 10.7 Å². The van der Waals surface area contributed by atoms with Gasteiger partial charge in [-0.3, -0.25) is 19.3 Å². The van der Waals surface area contributed by atoms with Gasteiger partial charge in [0.1, 0.15) is 12.0 Å². The molecule has 0 saturated carbocycles. The number of carbonyl (C=O) groups excluding carboxylic acids is 4. The molecule has 1 N–H and O–H groups in total. The maximum Gasteiger partial charge on any atom is 0.330 e. The number of fused-ring (bicyclic) bond motifs is 1. The Morgan fingerprint density at radius 3 is 2.10 bits per heavy atom. The van der Waals surface area contributed by atoms with Crippen LogP contribution in [0.15, 0.2) is 54.6 Å². The zero-order chi connectivity index (χ0) is 22.5. The van der Waals surface area contributed by atoms with E-state index in [0.29, 0.717) is 5.56 Å². The van der Waals surface area contributed by atoms with Gasteiger partial charge in [-0.25, -0.2) is 4.79 Å². The molecule has 8 heteroatoms. The maximum atomic E-state index is 12.9. The molecule has 0 bridgehead atoms. The Labute approximate surface area is 178 Å². The number of Topliss-reactive ketones (excluding diaryl/α,β-unsaturated/α-hetero) is 1. The molecule has 0 saturated heterocycles. The second-order valence-electron chi connectivity index (χ2n) is 7.05. The molecule has 31 heavy (non-hydrogen) atoms. The molecular formula is C23H19N3O5. The van der Waals surface area contributed by atoms with Gasteiger partial charge in [0, 0.05) is 12.1 Å². The van der Waals surface area contributed by atoms with Crippen molar-refractivity contribution in [2.24, 2.45) is 5.92 Å². The molecule has 2 atom stereocenters. The highest BCUT2D eigenvalue weighted by Crippen LogP contribution is 2.26. The van der Waals surface area contributed by atoms with Gasteiger partial charge in [-0.2, -0.15) is 5.26 Å². The lowest BCUT2D eigenvalue weighted by Gasteiger charge is -2.24. The van der Waals surface area contributed by atoms with Crippen molar-refractivity contribution in [3.05, 3.63) is 71.3 Å². The predicted molar refractivity (Wildman–Crippen MR) is 109 cm³/mol. The average Bonchev–Trinajstić information content (AvgIpc) is 3.02. The molecule has 1 aliphatic rings. The first-order chi connectivity index (χ1) is 14.8. The van der Waals surface area contributed by atoms with E-state index in [9.17, 15) is 19.2 Å². The molecule has 1 unspecified atom stereocenters. The normalized spacial score (nSPS) is 14.4. The van der Waals surface area contributed by atoms with Gasteiger partial charge >= 0.3 is 5.97 Å². The van der Waals surface area contributed by atoms with Crippen LogP contribution in [0.3, 0.4) is 0 Å². The topological polar surface area (TPSA) is 128 Å². The third-order valence-corrected chi connectivity index (χ3v) is 4.92. The third kappa shape index (κ3) is 4.41. The first-order valence-electron chi connectivity index (χ1n) is 9.50. The highest BCUT2D eigenvalue weighted by Gasteiger charge is 2.43. The summed E-state index contributed by atoms with van der Waals surface area (Å²) in [5.41, 5.74) is 0.916. The highest BCUT2D eigenvalue weighted by molar-refractivity contribution is 6.22. The largest absolute Gasteiger partial charge is 0.456 e. The van der Waals surface area contributed by atoms with Crippen LogP contribution in [0.25, 0.3) is 0 Å². The number of nitriles is 1. The molecule has 0 aromatic heterocycles. The average molecular weight is 417 g/mol. The maximum absolute atomic E-state index is 12.9. The first-order valence-corrected chi connectivity index (χ1v) is 9.50. The molecule has 8 nitrogen and oxygen atoms in total. The van der Waals surface area contributed by atoms with E-state index in [1.807, 2.05) is 0 Å². The lowest BCUT2D eigenvalue weighted by molar-refractivity contribution is -0.152. The van der Waals surface area contributed by atoms with E-state index < -0.39 is 42.1 Å². The predicted octanol–water partition coefficient (Wildman–Crippen LogP) is 2.19. The van der Waals surface area contributed by atoms with Gasteiger partial charge in [0.15, 0.2) is 12.4 Å².